The SMILES string of the molecule is Cc1ccc(C)c(C(O)C2Cc3ccccc32)c1. The molecule has 0 fully saturated rings. The largest absolute Gasteiger partial charge is 0.388 e. The Bertz CT molecular complexity index is 586. The average Bonchev–Trinajstić information content (AvgIpc) is 2.33. The van der Waals surface area contributed by atoms with E-state index >= 15 is 0 Å². The van der Waals surface area contributed by atoms with Crippen LogP contribution in [0, 0.1) is 13.8 Å². The third-order valence-electron chi connectivity index (χ3n) is 4.03. The van der Waals surface area contributed by atoms with Gasteiger partial charge in [-0.05, 0) is 42.5 Å². The molecular weight excluding hydrogens is 220 g/mol. The Kier molecular flexibility index (Phi) is 2.71. The third-order valence-corrected chi connectivity index (χ3v) is 4.03. The molecule has 0 heterocycles. The van der Waals surface area contributed by atoms with Crippen molar-refractivity contribution in [3.8, 4) is 0 Å². The predicted molar refractivity (Wildman–Crippen MR) is 73.8 cm³/mol. The first-order valence-corrected chi connectivity index (χ1v) is 6.50. The number of hydrogen-bond acceptors (Lipinski definition) is 1. The van der Waals surface area contributed by atoms with Gasteiger partial charge in [0.1, 0.15) is 0 Å². The molecule has 1 aliphatic rings. The molecule has 0 aromatic heterocycles. The second kappa shape index (κ2) is 4.25. The van der Waals surface area contributed by atoms with Crippen LogP contribution in [0.1, 0.15) is 39.8 Å². The highest BCUT2D eigenvalue weighted by molar-refractivity contribution is 5.44. The Labute approximate surface area is 108 Å². The molecule has 3 rings (SSSR count). The molecular formula is C17H18O. The molecule has 2 aromatic rings. The summed E-state index contributed by atoms with van der Waals surface area (Å²) < 4.78 is 0. The van der Waals surface area contributed by atoms with E-state index < -0.39 is 0 Å². The summed E-state index contributed by atoms with van der Waals surface area (Å²) in [5.41, 5.74) is 6.16. The van der Waals surface area contributed by atoms with Gasteiger partial charge in [-0.1, -0.05) is 48.0 Å². The highest BCUT2D eigenvalue weighted by Crippen LogP contribution is 2.44. The monoisotopic (exact) mass is 238 g/mol. The van der Waals surface area contributed by atoms with Crippen LogP contribution in [-0.2, 0) is 6.42 Å². The maximum atomic E-state index is 10.6. The van der Waals surface area contributed by atoms with Gasteiger partial charge in [-0.2, -0.15) is 0 Å². The molecule has 1 aliphatic carbocycles. The van der Waals surface area contributed by atoms with Crippen molar-refractivity contribution in [1.29, 1.82) is 0 Å². The maximum Gasteiger partial charge on any atom is 0.0864 e. The van der Waals surface area contributed by atoms with Gasteiger partial charge >= 0.3 is 0 Å². The summed E-state index contributed by atoms with van der Waals surface area (Å²) in [5, 5.41) is 10.6. The molecule has 0 saturated heterocycles. The highest BCUT2D eigenvalue weighted by atomic mass is 16.3. The first-order valence-electron chi connectivity index (χ1n) is 6.50. The van der Waals surface area contributed by atoms with Crippen LogP contribution >= 0.6 is 0 Å². The van der Waals surface area contributed by atoms with E-state index in [1.807, 2.05) is 0 Å². The van der Waals surface area contributed by atoms with Crippen LogP contribution in [0.5, 0.6) is 0 Å². The Hall–Kier alpha value is -1.60. The van der Waals surface area contributed by atoms with E-state index in [-0.39, 0.29) is 12.0 Å². The Morgan fingerprint density at radius 2 is 1.89 bits per heavy atom. The molecule has 0 spiro atoms. The van der Waals surface area contributed by atoms with Gasteiger partial charge in [-0.25, -0.2) is 0 Å². The zero-order valence-corrected chi connectivity index (χ0v) is 10.9. The Morgan fingerprint density at radius 1 is 1.11 bits per heavy atom. The number of aliphatic hydroxyl groups is 1. The van der Waals surface area contributed by atoms with Crippen LogP contribution in [0.15, 0.2) is 42.5 Å². The highest BCUT2D eigenvalue weighted by Gasteiger charge is 2.32. The van der Waals surface area contributed by atoms with Crippen molar-refractivity contribution >= 4 is 0 Å². The second-order valence-corrected chi connectivity index (χ2v) is 5.31. The minimum absolute atomic E-state index is 0.265. The lowest BCUT2D eigenvalue weighted by Crippen LogP contribution is -2.24. The molecule has 2 aromatic carbocycles. The summed E-state index contributed by atoms with van der Waals surface area (Å²) in [6, 6.07) is 14.7. The summed E-state index contributed by atoms with van der Waals surface area (Å²) in [6.45, 7) is 4.15. The van der Waals surface area contributed by atoms with E-state index in [1.54, 1.807) is 0 Å². The minimum atomic E-state index is -0.375. The number of aryl methyl sites for hydroxylation is 2. The van der Waals surface area contributed by atoms with Gasteiger partial charge in [0, 0.05) is 5.92 Å². The lowest BCUT2D eigenvalue weighted by molar-refractivity contribution is 0.134. The van der Waals surface area contributed by atoms with Crippen molar-refractivity contribution in [2.45, 2.75) is 32.3 Å². The van der Waals surface area contributed by atoms with E-state index in [1.165, 1.54) is 22.3 Å². The van der Waals surface area contributed by atoms with Crippen molar-refractivity contribution in [2.24, 2.45) is 0 Å². The van der Waals surface area contributed by atoms with Crippen molar-refractivity contribution < 1.29 is 5.11 Å². The van der Waals surface area contributed by atoms with Gasteiger partial charge in [0.2, 0.25) is 0 Å². The zero-order chi connectivity index (χ0) is 12.7. The van der Waals surface area contributed by atoms with Crippen molar-refractivity contribution in [1.82, 2.24) is 0 Å². The molecule has 0 radical (unpaired) electrons. The van der Waals surface area contributed by atoms with E-state index in [0.717, 1.165) is 12.0 Å². The zero-order valence-electron chi connectivity index (χ0n) is 10.9. The van der Waals surface area contributed by atoms with Crippen LogP contribution in [0.25, 0.3) is 0 Å². The van der Waals surface area contributed by atoms with Gasteiger partial charge in [-0.15, -0.1) is 0 Å². The number of benzene rings is 2. The molecule has 1 nitrogen and oxygen atoms in total. The number of rotatable bonds is 2. The minimum Gasteiger partial charge on any atom is -0.388 e. The van der Waals surface area contributed by atoms with Crippen molar-refractivity contribution in [3.05, 3.63) is 70.3 Å². The van der Waals surface area contributed by atoms with Crippen LogP contribution in [-0.4, -0.2) is 5.11 Å². The average molecular weight is 238 g/mol. The molecule has 0 saturated carbocycles. The fraction of sp³-hybridized carbons (Fsp3) is 0.294. The van der Waals surface area contributed by atoms with Crippen LogP contribution in [0.2, 0.25) is 0 Å². The lowest BCUT2D eigenvalue weighted by Gasteiger charge is -2.34. The van der Waals surface area contributed by atoms with Crippen molar-refractivity contribution in [3.63, 3.8) is 0 Å². The smallest absolute Gasteiger partial charge is 0.0864 e. The summed E-state index contributed by atoms with van der Waals surface area (Å²) in [6.07, 6.45) is 0.616. The molecule has 0 aliphatic heterocycles. The molecule has 0 bridgehead atoms. The van der Waals surface area contributed by atoms with E-state index in [9.17, 15) is 5.11 Å². The number of fused-ring (bicyclic) bond motifs is 1. The Morgan fingerprint density at radius 3 is 2.67 bits per heavy atom. The normalized spacial score (nSPS) is 18.9. The fourth-order valence-corrected chi connectivity index (χ4v) is 2.87. The third kappa shape index (κ3) is 1.75. The molecule has 1 heteroatoms. The molecule has 2 unspecified atom stereocenters. The van der Waals surface area contributed by atoms with E-state index in [0.29, 0.717) is 0 Å². The molecule has 18 heavy (non-hydrogen) atoms. The lowest BCUT2D eigenvalue weighted by atomic mass is 9.72. The summed E-state index contributed by atoms with van der Waals surface area (Å²) in [7, 11) is 0. The topological polar surface area (TPSA) is 20.2 Å². The van der Waals surface area contributed by atoms with Crippen molar-refractivity contribution in [2.75, 3.05) is 0 Å². The molecule has 92 valence electrons. The molecule has 1 N–H and O–H groups in total. The molecule has 2 atom stereocenters. The van der Waals surface area contributed by atoms with Gasteiger partial charge in [0.25, 0.3) is 0 Å². The van der Waals surface area contributed by atoms with Crippen LogP contribution in [0.3, 0.4) is 0 Å². The first kappa shape index (κ1) is 11.5. The number of hydrogen-bond donors (Lipinski definition) is 1. The predicted octanol–water partition coefficient (Wildman–Crippen LogP) is 3.68. The van der Waals surface area contributed by atoms with Gasteiger partial charge in [-0.3, -0.25) is 0 Å². The number of aliphatic hydroxyl groups excluding tert-OH is 1. The van der Waals surface area contributed by atoms with Gasteiger partial charge < -0.3 is 5.11 Å². The van der Waals surface area contributed by atoms with Crippen LogP contribution < -0.4 is 0 Å². The van der Waals surface area contributed by atoms with E-state index in [2.05, 4.69) is 56.3 Å². The van der Waals surface area contributed by atoms with E-state index in [4.69, 9.17) is 0 Å². The fourth-order valence-electron chi connectivity index (χ4n) is 2.87. The summed E-state index contributed by atoms with van der Waals surface area (Å²) in [4.78, 5) is 0. The summed E-state index contributed by atoms with van der Waals surface area (Å²) in [5.74, 6) is 0.265. The quantitative estimate of drug-likeness (QED) is 0.846. The van der Waals surface area contributed by atoms with Gasteiger partial charge in [0.05, 0.1) is 6.10 Å². The first-order chi connectivity index (χ1) is 8.66. The summed E-state index contributed by atoms with van der Waals surface area (Å²) >= 11 is 0. The van der Waals surface area contributed by atoms with Gasteiger partial charge in [0.15, 0.2) is 0 Å². The van der Waals surface area contributed by atoms with Crippen LogP contribution in [0.4, 0.5) is 0 Å². The Balaban J connectivity index is 1.93. The standard InChI is InChI=1S/C17H18O/c1-11-7-8-12(2)15(9-11)17(18)16-10-13-5-3-4-6-14(13)16/h3-9,16-18H,10H2,1-2H3. The maximum absolute atomic E-state index is 10.6. The molecule has 0 amide bonds. The second-order valence-electron chi connectivity index (χ2n) is 5.31.